The number of nitrogens with zero attached hydrogens (tertiary/aromatic N) is 1. The zero-order chi connectivity index (χ0) is 19.3. The molecule has 0 radical (unpaired) electrons. The third-order valence-corrected chi connectivity index (χ3v) is 3.82. The largest absolute Gasteiger partial charge is 0.460 e. The van der Waals surface area contributed by atoms with Gasteiger partial charge in [-0.05, 0) is 17.5 Å². The first-order valence-corrected chi connectivity index (χ1v) is 8.89. The van der Waals surface area contributed by atoms with Gasteiger partial charge in [-0.25, -0.2) is 0 Å². The number of aliphatic hydroxyl groups is 1. The van der Waals surface area contributed by atoms with Crippen molar-refractivity contribution < 1.29 is 24.2 Å². The summed E-state index contributed by atoms with van der Waals surface area (Å²) in [4.78, 5) is 25.8. The first-order chi connectivity index (χ1) is 13.2. The van der Waals surface area contributed by atoms with Crippen LogP contribution in [-0.2, 0) is 32.3 Å². The Morgan fingerprint density at radius 1 is 0.778 bits per heavy atom. The maximum atomic E-state index is 12.1. The Morgan fingerprint density at radius 2 is 1.22 bits per heavy atom. The third-order valence-electron chi connectivity index (χ3n) is 3.82. The Kier molecular flexibility index (Phi) is 9.03. The molecule has 144 valence electrons. The van der Waals surface area contributed by atoms with Gasteiger partial charge in [0.2, 0.25) is 0 Å². The van der Waals surface area contributed by atoms with Gasteiger partial charge in [0.1, 0.15) is 13.2 Å². The number of benzene rings is 2. The van der Waals surface area contributed by atoms with Crippen molar-refractivity contribution in [2.45, 2.75) is 19.6 Å². The van der Waals surface area contributed by atoms with Crippen molar-refractivity contribution in [3.05, 3.63) is 71.8 Å². The lowest BCUT2D eigenvalue weighted by atomic mass is 10.2. The van der Waals surface area contributed by atoms with E-state index in [0.717, 1.165) is 11.1 Å². The minimum atomic E-state index is -0.423. The number of ether oxygens (including phenoxy) is 2. The summed E-state index contributed by atoms with van der Waals surface area (Å²) < 4.78 is 10.5. The topological polar surface area (TPSA) is 76.1 Å². The minimum absolute atomic E-state index is 0.0192. The Bertz CT molecular complexity index is 633. The Morgan fingerprint density at radius 3 is 1.63 bits per heavy atom. The normalized spacial score (nSPS) is 10.6. The number of carbonyl (C=O) groups excluding carboxylic acids is 2. The molecule has 0 aliphatic carbocycles. The molecule has 0 aliphatic heterocycles. The van der Waals surface area contributed by atoms with Crippen LogP contribution in [0.3, 0.4) is 0 Å². The highest BCUT2D eigenvalue weighted by Crippen LogP contribution is 2.04. The summed E-state index contributed by atoms with van der Waals surface area (Å²) >= 11 is 0. The van der Waals surface area contributed by atoms with E-state index in [0.29, 0.717) is 13.0 Å². The first kappa shape index (κ1) is 20.6. The lowest BCUT2D eigenvalue weighted by Crippen LogP contribution is -2.37. The molecular formula is C21H25NO5. The fraction of sp³-hybridized carbons (Fsp3) is 0.333. The molecule has 0 unspecified atom stereocenters. The average molecular weight is 371 g/mol. The van der Waals surface area contributed by atoms with Gasteiger partial charge in [0.05, 0.1) is 13.1 Å². The van der Waals surface area contributed by atoms with Gasteiger partial charge in [-0.2, -0.15) is 0 Å². The van der Waals surface area contributed by atoms with Gasteiger partial charge in [-0.15, -0.1) is 0 Å². The number of aliphatic hydroxyl groups excluding tert-OH is 1. The molecule has 0 atom stereocenters. The van der Waals surface area contributed by atoms with E-state index >= 15 is 0 Å². The van der Waals surface area contributed by atoms with Crippen LogP contribution in [0.4, 0.5) is 0 Å². The highest BCUT2D eigenvalue weighted by Gasteiger charge is 2.16. The molecule has 0 aliphatic rings. The van der Waals surface area contributed by atoms with Crippen LogP contribution in [0.5, 0.6) is 0 Å². The summed E-state index contributed by atoms with van der Waals surface area (Å²) in [5, 5.41) is 9.03. The van der Waals surface area contributed by atoms with Crippen molar-refractivity contribution in [2.24, 2.45) is 0 Å². The van der Waals surface area contributed by atoms with E-state index < -0.39 is 11.9 Å². The van der Waals surface area contributed by atoms with Crippen LogP contribution >= 0.6 is 0 Å². The lowest BCUT2D eigenvalue weighted by Gasteiger charge is -2.20. The third kappa shape index (κ3) is 8.48. The predicted molar refractivity (Wildman–Crippen MR) is 101 cm³/mol. The van der Waals surface area contributed by atoms with Crippen LogP contribution in [0.1, 0.15) is 17.5 Å². The van der Waals surface area contributed by atoms with Crippen molar-refractivity contribution in [1.29, 1.82) is 0 Å². The van der Waals surface area contributed by atoms with Gasteiger partial charge in [0.25, 0.3) is 0 Å². The molecule has 0 fully saturated rings. The van der Waals surface area contributed by atoms with Crippen molar-refractivity contribution in [3.8, 4) is 0 Å². The van der Waals surface area contributed by atoms with E-state index in [1.165, 1.54) is 0 Å². The maximum absolute atomic E-state index is 12.1. The molecule has 0 saturated heterocycles. The predicted octanol–water partition coefficient (Wildman–Crippen LogP) is 2.16. The van der Waals surface area contributed by atoms with Gasteiger partial charge < -0.3 is 14.6 Å². The second-order valence-corrected chi connectivity index (χ2v) is 6.08. The summed E-state index contributed by atoms with van der Waals surface area (Å²) in [6, 6.07) is 18.8. The van der Waals surface area contributed by atoms with Gasteiger partial charge in [0.15, 0.2) is 0 Å². The standard InChI is InChI=1S/C21H25NO5/c23-13-7-12-22(14-20(24)26-16-18-8-3-1-4-9-18)15-21(25)27-17-19-10-5-2-6-11-19/h1-6,8-11,23H,7,12-17H2. The van der Waals surface area contributed by atoms with Crippen LogP contribution in [0.25, 0.3) is 0 Å². The monoisotopic (exact) mass is 371 g/mol. The van der Waals surface area contributed by atoms with Crippen LogP contribution in [0.2, 0.25) is 0 Å². The Labute approximate surface area is 159 Å². The highest BCUT2D eigenvalue weighted by atomic mass is 16.5. The maximum Gasteiger partial charge on any atom is 0.320 e. The first-order valence-electron chi connectivity index (χ1n) is 8.89. The molecule has 0 saturated carbocycles. The second-order valence-electron chi connectivity index (χ2n) is 6.08. The van der Waals surface area contributed by atoms with Crippen LogP contribution in [-0.4, -0.2) is 48.2 Å². The number of carbonyl (C=O) groups is 2. The molecule has 0 heterocycles. The minimum Gasteiger partial charge on any atom is -0.460 e. The van der Waals surface area contributed by atoms with E-state index in [1.54, 1.807) is 4.90 Å². The average Bonchev–Trinajstić information content (AvgIpc) is 2.70. The number of hydrogen-bond acceptors (Lipinski definition) is 6. The summed E-state index contributed by atoms with van der Waals surface area (Å²) in [7, 11) is 0. The highest BCUT2D eigenvalue weighted by molar-refractivity contribution is 5.75. The van der Waals surface area contributed by atoms with E-state index in [1.807, 2.05) is 60.7 Å². The van der Waals surface area contributed by atoms with Crippen LogP contribution in [0, 0.1) is 0 Å². The molecule has 6 heteroatoms. The Hall–Kier alpha value is -2.70. The molecule has 0 spiro atoms. The molecule has 0 amide bonds. The fourth-order valence-corrected chi connectivity index (χ4v) is 2.44. The molecule has 2 aromatic rings. The fourth-order valence-electron chi connectivity index (χ4n) is 2.44. The summed E-state index contributed by atoms with van der Waals surface area (Å²) in [5.74, 6) is -0.847. The summed E-state index contributed by atoms with van der Waals surface area (Å²) in [6.45, 7) is 0.685. The number of rotatable bonds is 11. The van der Waals surface area contributed by atoms with Gasteiger partial charge in [0, 0.05) is 13.2 Å². The molecule has 27 heavy (non-hydrogen) atoms. The van der Waals surface area contributed by atoms with Crippen molar-refractivity contribution in [3.63, 3.8) is 0 Å². The molecule has 6 nitrogen and oxygen atoms in total. The molecule has 0 bridgehead atoms. The van der Waals surface area contributed by atoms with Gasteiger partial charge >= 0.3 is 11.9 Å². The summed E-state index contributed by atoms with van der Waals surface area (Å²) in [6.07, 6.45) is 0.456. The van der Waals surface area contributed by atoms with Crippen molar-refractivity contribution in [2.75, 3.05) is 26.2 Å². The van der Waals surface area contributed by atoms with E-state index in [9.17, 15) is 9.59 Å². The molecular weight excluding hydrogens is 346 g/mol. The quantitative estimate of drug-likeness (QED) is 0.610. The zero-order valence-corrected chi connectivity index (χ0v) is 15.3. The van der Waals surface area contributed by atoms with Gasteiger partial charge in [-0.3, -0.25) is 14.5 Å². The van der Waals surface area contributed by atoms with Crippen LogP contribution in [0.15, 0.2) is 60.7 Å². The van der Waals surface area contributed by atoms with Crippen molar-refractivity contribution in [1.82, 2.24) is 4.90 Å². The second kappa shape index (κ2) is 11.8. The SMILES string of the molecule is O=C(CN(CCCO)CC(=O)OCc1ccccc1)OCc1ccccc1. The van der Waals surface area contributed by atoms with Crippen molar-refractivity contribution >= 4 is 11.9 Å². The molecule has 2 rings (SSSR count). The molecule has 2 aromatic carbocycles. The van der Waals surface area contributed by atoms with Gasteiger partial charge in [-0.1, -0.05) is 60.7 Å². The smallest absolute Gasteiger partial charge is 0.320 e. The number of esters is 2. The molecule has 1 N–H and O–H groups in total. The van der Waals surface area contributed by atoms with Crippen LogP contribution < -0.4 is 0 Å². The zero-order valence-electron chi connectivity index (χ0n) is 15.3. The van der Waals surface area contributed by atoms with E-state index in [4.69, 9.17) is 14.6 Å². The Balaban J connectivity index is 1.78. The number of hydrogen-bond donors (Lipinski definition) is 1. The molecule has 0 aromatic heterocycles. The lowest BCUT2D eigenvalue weighted by molar-refractivity contribution is -0.150. The van der Waals surface area contributed by atoms with E-state index in [2.05, 4.69) is 0 Å². The van der Waals surface area contributed by atoms with E-state index in [-0.39, 0.29) is 32.9 Å². The summed E-state index contributed by atoms with van der Waals surface area (Å²) in [5.41, 5.74) is 1.80.